The highest BCUT2D eigenvalue weighted by Crippen LogP contribution is 2.18. The number of nitrogens with one attached hydrogen (secondary N) is 1. The van der Waals surface area contributed by atoms with Crippen LogP contribution in [-0.2, 0) is 0 Å². The summed E-state index contributed by atoms with van der Waals surface area (Å²) in [5.74, 6) is 0. The molecule has 0 bridgehead atoms. The number of hydrogen-bond donors (Lipinski definition) is 1. The van der Waals surface area contributed by atoms with Crippen molar-refractivity contribution in [3.8, 4) is 0 Å². The van der Waals surface area contributed by atoms with E-state index in [-0.39, 0.29) is 0 Å². The van der Waals surface area contributed by atoms with Gasteiger partial charge in [0.1, 0.15) is 0 Å². The van der Waals surface area contributed by atoms with Gasteiger partial charge in [0.2, 0.25) is 0 Å². The molecule has 0 unspecified atom stereocenters. The van der Waals surface area contributed by atoms with Gasteiger partial charge < -0.3 is 10.2 Å². The van der Waals surface area contributed by atoms with Crippen LogP contribution in [-0.4, -0.2) is 35.6 Å². The Bertz CT molecular complexity index is 343. The number of nitrogens with zero attached hydrogens (tertiary/aromatic N) is 2. The molecule has 1 N–H and O–H groups in total. The summed E-state index contributed by atoms with van der Waals surface area (Å²) in [5.41, 5.74) is 2.48. The summed E-state index contributed by atoms with van der Waals surface area (Å²) in [6.07, 6.45) is 7.56. The molecule has 0 amide bonds. The monoisotopic (exact) mass is 233 g/mol. The lowest BCUT2D eigenvalue weighted by Crippen LogP contribution is -2.39. The molecule has 94 valence electrons. The molecular weight excluding hydrogens is 210 g/mol. The molecular formula is C14H23N3. The smallest absolute Gasteiger partial charge is 0.0402 e. The number of piperidine rings is 1. The van der Waals surface area contributed by atoms with Crippen LogP contribution in [0.2, 0.25) is 0 Å². The van der Waals surface area contributed by atoms with E-state index in [1.54, 1.807) is 0 Å². The lowest BCUT2D eigenvalue weighted by atomic mass is 10.0. The zero-order valence-corrected chi connectivity index (χ0v) is 10.9. The fourth-order valence-corrected chi connectivity index (χ4v) is 2.47. The van der Waals surface area contributed by atoms with Crippen LogP contribution in [0.1, 0.15) is 31.7 Å². The quantitative estimate of drug-likeness (QED) is 0.866. The van der Waals surface area contributed by atoms with Gasteiger partial charge in [0, 0.05) is 37.2 Å². The summed E-state index contributed by atoms with van der Waals surface area (Å²) in [6, 6.07) is 2.71. The zero-order valence-electron chi connectivity index (χ0n) is 10.9. The minimum absolute atomic E-state index is 0.629. The Morgan fingerprint density at radius 3 is 2.82 bits per heavy atom. The van der Waals surface area contributed by atoms with E-state index >= 15 is 0 Å². The molecule has 2 heterocycles. The molecule has 1 aliphatic heterocycles. The van der Waals surface area contributed by atoms with Crippen LogP contribution in [0.5, 0.6) is 0 Å². The van der Waals surface area contributed by atoms with E-state index < -0.39 is 0 Å². The van der Waals surface area contributed by atoms with Crippen LogP contribution in [0.15, 0.2) is 18.5 Å². The molecule has 17 heavy (non-hydrogen) atoms. The molecule has 0 radical (unpaired) electrons. The van der Waals surface area contributed by atoms with Gasteiger partial charge in [0.25, 0.3) is 0 Å². The highest BCUT2D eigenvalue weighted by atomic mass is 15.1. The number of pyridine rings is 1. The van der Waals surface area contributed by atoms with Crippen molar-refractivity contribution >= 4 is 5.69 Å². The molecule has 1 fully saturated rings. The standard InChI is InChI=1S/C14H23N3/c1-3-8-17-9-5-13(6-10-17)16-14-4-7-15-11-12(14)2/h4,7,11,13H,3,5-6,8-10H2,1-2H3,(H,15,16). The highest BCUT2D eigenvalue weighted by Gasteiger charge is 2.18. The minimum Gasteiger partial charge on any atom is -0.382 e. The maximum atomic E-state index is 4.13. The van der Waals surface area contributed by atoms with Gasteiger partial charge in [-0.1, -0.05) is 6.92 Å². The van der Waals surface area contributed by atoms with E-state index in [0.29, 0.717) is 6.04 Å². The lowest BCUT2D eigenvalue weighted by molar-refractivity contribution is 0.219. The fourth-order valence-electron chi connectivity index (χ4n) is 2.47. The fraction of sp³-hybridized carbons (Fsp3) is 0.643. The van der Waals surface area contributed by atoms with Crippen molar-refractivity contribution in [2.75, 3.05) is 25.0 Å². The Morgan fingerprint density at radius 2 is 2.18 bits per heavy atom. The molecule has 0 aliphatic carbocycles. The summed E-state index contributed by atoms with van der Waals surface area (Å²) >= 11 is 0. The van der Waals surface area contributed by atoms with Gasteiger partial charge >= 0.3 is 0 Å². The maximum absolute atomic E-state index is 4.13. The van der Waals surface area contributed by atoms with E-state index in [0.717, 1.165) is 0 Å². The molecule has 1 saturated heterocycles. The normalized spacial score (nSPS) is 18.2. The first kappa shape index (κ1) is 12.4. The molecule has 1 aliphatic rings. The summed E-state index contributed by atoms with van der Waals surface area (Å²) in [5, 5.41) is 3.65. The molecule has 0 aromatic carbocycles. The van der Waals surface area contributed by atoms with Gasteiger partial charge in [-0.3, -0.25) is 4.98 Å². The largest absolute Gasteiger partial charge is 0.382 e. The van der Waals surface area contributed by atoms with Gasteiger partial charge in [-0.15, -0.1) is 0 Å². The number of hydrogen-bond acceptors (Lipinski definition) is 3. The second-order valence-electron chi connectivity index (χ2n) is 4.95. The molecule has 1 aromatic heterocycles. The van der Waals surface area contributed by atoms with Crippen molar-refractivity contribution in [2.45, 2.75) is 39.2 Å². The molecule has 3 heteroatoms. The van der Waals surface area contributed by atoms with Crippen molar-refractivity contribution in [2.24, 2.45) is 0 Å². The van der Waals surface area contributed by atoms with Gasteiger partial charge in [-0.2, -0.15) is 0 Å². The van der Waals surface area contributed by atoms with E-state index in [9.17, 15) is 0 Å². The summed E-state index contributed by atoms with van der Waals surface area (Å²) in [4.78, 5) is 6.69. The summed E-state index contributed by atoms with van der Waals surface area (Å²) in [7, 11) is 0. The van der Waals surface area contributed by atoms with Crippen LogP contribution in [0, 0.1) is 6.92 Å². The Balaban J connectivity index is 1.84. The van der Waals surface area contributed by atoms with Gasteiger partial charge in [0.05, 0.1) is 0 Å². The lowest BCUT2D eigenvalue weighted by Gasteiger charge is -2.32. The number of anilines is 1. The van der Waals surface area contributed by atoms with Gasteiger partial charge in [-0.25, -0.2) is 0 Å². The van der Waals surface area contributed by atoms with Crippen molar-refractivity contribution < 1.29 is 0 Å². The Morgan fingerprint density at radius 1 is 1.41 bits per heavy atom. The van der Waals surface area contributed by atoms with E-state index in [4.69, 9.17) is 0 Å². The molecule has 0 spiro atoms. The predicted molar refractivity (Wildman–Crippen MR) is 72.3 cm³/mol. The second kappa shape index (κ2) is 6.01. The molecule has 0 saturated carbocycles. The molecule has 0 atom stereocenters. The highest BCUT2D eigenvalue weighted by molar-refractivity contribution is 5.49. The number of likely N-dealkylation sites (tertiary alicyclic amines) is 1. The number of aromatic nitrogens is 1. The van der Waals surface area contributed by atoms with Crippen molar-refractivity contribution in [3.05, 3.63) is 24.0 Å². The predicted octanol–water partition coefficient (Wildman–Crippen LogP) is 2.68. The van der Waals surface area contributed by atoms with Crippen LogP contribution in [0.25, 0.3) is 0 Å². The van der Waals surface area contributed by atoms with Crippen LogP contribution < -0.4 is 5.32 Å². The first-order valence-corrected chi connectivity index (χ1v) is 6.69. The van der Waals surface area contributed by atoms with E-state index in [1.807, 2.05) is 12.4 Å². The Kier molecular flexibility index (Phi) is 4.37. The first-order chi connectivity index (χ1) is 8.29. The second-order valence-corrected chi connectivity index (χ2v) is 4.95. The SMILES string of the molecule is CCCN1CCC(Nc2ccncc2C)CC1. The first-order valence-electron chi connectivity index (χ1n) is 6.69. The Labute approximate surface area is 104 Å². The number of rotatable bonds is 4. The van der Waals surface area contributed by atoms with E-state index in [1.165, 1.54) is 50.1 Å². The van der Waals surface area contributed by atoms with Crippen LogP contribution >= 0.6 is 0 Å². The van der Waals surface area contributed by atoms with Crippen molar-refractivity contribution in [1.82, 2.24) is 9.88 Å². The third kappa shape index (κ3) is 3.43. The number of aryl methyl sites for hydroxylation is 1. The maximum Gasteiger partial charge on any atom is 0.0402 e. The van der Waals surface area contributed by atoms with Gasteiger partial charge in [-0.05, 0) is 44.4 Å². The summed E-state index contributed by atoms with van der Waals surface area (Å²) < 4.78 is 0. The molecule has 3 nitrogen and oxygen atoms in total. The molecule has 2 rings (SSSR count). The zero-order chi connectivity index (χ0) is 12.1. The van der Waals surface area contributed by atoms with E-state index in [2.05, 4.69) is 35.1 Å². The van der Waals surface area contributed by atoms with Crippen LogP contribution in [0.3, 0.4) is 0 Å². The third-order valence-corrected chi connectivity index (χ3v) is 3.51. The minimum atomic E-state index is 0.629. The van der Waals surface area contributed by atoms with Crippen LogP contribution in [0.4, 0.5) is 5.69 Å². The Hall–Kier alpha value is -1.09. The average molecular weight is 233 g/mol. The van der Waals surface area contributed by atoms with Crippen molar-refractivity contribution in [1.29, 1.82) is 0 Å². The van der Waals surface area contributed by atoms with Crippen molar-refractivity contribution in [3.63, 3.8) is 0 Å². The van der Waals surface area contributed by atoms with Gasteiger partial charge in [0.15, 0.2) is 0 Å². The summed E-state index contributed by atoms with van der Waals surface area (Å²) in [6.45, 7) is 8.08. The third-order valence-electron chi connectivity index (χ3n) is 3.51. The molecule has 1 aromatic rings. The average Bonchev–Trinajstić information content (AvgIpc) is 2.35. The topological polar surface area (TPSA) is 28.2 Å².